The van der Waals surface area contributed by atoms with Crippen LogP contribution in [0, 0.1) is 0 Å². The van der Waals surface area contributed by atoms with E-state index in [1.807, 2.05) is 48.5 Å². The van der Waals surface area contributed by atoms with Crippen LogP contribution in [0.1, 0.15) is 0 Å². The second-order valence-electron chi connectivity index (χ2n) is 13.6. The molecular weight excluding hydrogens is 677 g/mol. The number of hydrogen-bond donors (Lipinski definition) is 0. The van der Waals surface area contributed by atoms with Crippen LogP contribution in [0.25, 0.3) is 101 Å². The minimum atomic E-state index is 0.453. The molecule has 7 heteroatoms. The maximum atomic E-state index is 6.43. The van der Waals surface area contributed by atoms with Crippen molar-refractivity contribution in [1.82, 2.24) is 29.3 Å². The lowest BCUT2D eigenvalue weighted by Gasteiger charge is -2.11. The van der Waals surface area contributed by atoms with Crippen LogP contribution in [0.15, 0.2) is 186 Å². The first kappa shape index (κ1) is 30.9. The number of nitrogens with zero attached hydrogens (tertiary/aromatic N) is 6. The maximum Gasteiger partial charge on any atom is 0.248 e. The highest BCUT2D eigenvalue weighted by molar-refractivity contribution is 6.11. The summed E-state index contributed by atoms with van der Waals surface area (Å²) in [6, 6.07) is 62.5. The van der Waals surface area contributed by atoms with Gasteiger partial charge in [-0.15, -0.1) is 10.2 Å². The van der Waals surface area contributed by atoms with Crippen molar-refractivity contribution in [3.63, 3.8) is 0 Å². The lowest BCUT2D eigenvalue weighted by atomic mass is 10.1. The molecule has 0 atom stereocenters. The Bertz CT molecular complexity index is 3140. The molecule has 7 nitrogen and oxygen atoms in total. The molecule has 55 heavy (non-hydrogen) atoms. The summed E-state index contributed by atoms with van der Waals surface area (Å²) in [6.07, 6.45) is 0. The van der Waals surface area contributed by atoms with E-state index in [1.54, 1.807) is 0 Å². The summed E-state index contributed by atoms with van der Waals surface area (Å²) in [7, 11) is 0. The molecule has 11 rings (SSSR count). The first-order valence-corrected chi connectivity index (χ1v) is 18.2. The Labute approximate surface area is 315 Å². The minimum absolute atomic E-state index is 0.453. The smallest absolute Gasteiger partial charge is 0.248 e. The van der Waals surface area contributed by atoms with E-state index >= 15 is 0 Å². The van der Waals surface area contributed by atoms with Gasteiger partial charge in [0.2, 0.25) is 17.7 Å². The average molecular weight is 707 g/mol. The number of fused-ring (bicyclic) bond motifs is 6. The van der Waals surface area contributed by atoms with Gasteiger partial charge in [0.1, 0.15) is 0 Å². The van der Waals surface area contributed by atoms with Gasteiger partial charge < -0.3 is 8.98 Å². The minimum Gasteiger partial charge on any atom is -0.416 e. The molecule has 0 radical (unpaired) electrons. The molecule has 0 aliphatic carbocycles. The summed E-state index contributed by atoms with van der Waals surface area (Å²) in [4.78, 5) is 10.3. The van der Waals surface area contributed by atoms with E-state index in [0.717, 1.165) is 77.6 Å². The molecular formula is C48H30N6O. The van der Waals surface area contributed by atoms with Crippen LogP contribution in [-0.2, 0) is 0 Å². The summed E-state index contributed by atoms with van der Waals surface area (Å²) in [5.74, 6) is 1.52. The topological polar surface area (TPSA) is 74.6 Å². The van der Waals surface area contributed by atoms with Crippen LogP contribution >= 0.6 is 0 Å². The predicted molar refractivity (Wildman–Crippen MR) is 220 cm³/mol. The van der Waals surface area contributed by atoms with Gasteiger partial charge in [0.15, 0.2) is 0 Å². The fourth-order valence-electron chi connectivity index (χ4n) is 7.79. The predicted octanol–water partition coefficient (Wildman–Crippen LogP) is 11.7. The molecule has 4 heterocycles. The van der Waals surface area contributed by atoms with Crippen LogP contribution in [0.4, 0.5) is 0 Å². The molecule has 11 aromatic rings. The van der Waals surface area contributed by atoms with Crippen molar-refractivity contribution in [1.29, 1.82) is 0 Å². The maximum absolute atomic E-state index is 6.43. The molecule has 0 saturated carbocycles. The van der Waals surface area contributed by atoms with Gasteiger partial charge in [-0.25, -0.2) is 9.97 Å². The molecule has 0 spiro atoms. The van der Waals surface area contributed by atoms with Gasteiger partial charge in [0.25, 0.3) is 0 Å². The number of hydrogen-bond acceptors (Lipinski definition) is 5. The second-order valence-corrected chi connectivity index (χ2v) is 13.6. The van der Waals surface area contributed by atoms with Crippen molar-refractivity contribution in [3.05, 3.63) is 182 Å². The zero-order valence-electron chi connectivity index (χ0n) is 29.4. The Morgan fingerprint density at radius 2 is 0.782 bits per heavy atom. The Hall–Kier alpha value is -7.64. The van der Waals surface area contributed by atoms with Crippen molar-refractivity contribution in [2.75, 3.05) is 0 Å². The molecule has 0 saturated heterocycles. The lowest BCUT2D eigenvalue weighted by Crippen LogP contribution is -2.03. The van der Waals surface area contributed by atoms with Crippen LogP contribution < -0.4 is 0 Å². The van der Waals surface area contributed by atoms with Crippen molar-refractivity contribution >= 4 is 43.6 Å². The zero-order chi connectivity index (χ0) is 36.3. The number of benzene rings is 7. The van der Waals surface area contributed by atoms with Gasteiger partial charge in [0.05, 0.1) is 33.5 Å². The molecule has 0 bridgehead atoms. The normalized spacial score (nSPS) is 11.6. The summed E-state index contributed by atoms with van der Waals surface area (Å²) in [6.45, 7) is 0. The van der Waals surface area contributed by atoms with Gasteiger partial charge in [-0.1, -0.05) is 115 Å². The standard InChI is InChI=1S/C48H30N6O/c1-4-14-31(15-5-1)40-30-41(32-16-6-2-7-17-32)50-48(49-40)54-43-23-13-11-21-37(43)39-29-34(25-27-45(39)54)47-52-51-46(55-47)33-24-26-44-38(28-33)36-20-10-12-22-42(36)53(44)35-18-8-3-9-19-35/h1-30H. The van der Waals surface area contributed by atoms with Crippen LogP contribution in [-0.4, -0.2) is 29.3 Å². The quantitative estimate of drug-likeness (QED) is 0.172. The van der Waals surface area contributed by atoms with E-state index < -0.39 is 0 Å². The van der Waals surface area contributed by atoms with Gasteiger partial charge >= 0.3 is 0 Å². The summed E-state index contributed by atoms with van der Waals surface area (Å²) >= 11 is 0. The molecule has 0 unspecified atom stereocenters. The number of aromatic nitrogens is 6. The molecule has 0 N–H and O–H groups in total. The van der Waals surface area contributed by atoms with Crippen LogP contribution in [0.2, 0.25) is 0 Å². The first-order chi connectivity index (χ1) is 27.3. The van der Waals surface area contributed by atoms with E-state index in [1.165, 1.54) is 5.39 Å². The highest BCUT2D eigenvalue weighted by Crippen LogP contribution is 2.38. The molecule has 0 aliphatic heterocycles. The Morgan fingerprint density at radius 1 is 0.345 bits per heavy atom. The number of para-hydroxylation sites is 3. The van der Waals surface area contributed by atoms with E-state index in [-0.39, 0.29) is 0 Å². The van der Waals surface area contributed by atoms with Crippen molar-refractivity contribution in [2.45, 2.75) is 0 Å². The second kappa shape index (κ2) is 12.5. The molecule has 0 fully saturated rings. The molecule has 4 aromatic heterocycles. The van der Waals surface area contributed by atoms with Crippen molar-refractivity contribution in [2.24, 2.45) is 0 Å². The zero-order valence-corrected chi connectivity index (χ0v) is 29.4. The van der Waals surface area contributed by atoms with E-state index in [2.05, 4.69) is 153 Å². The molecule has 0 aliphatic rings. The molecule has 258 valence electrons. The Morgan fingerprint density at radius 3 is 1.33 bits per heavy atom. The third kappa shape index (κ3) is 5.13. The van der Waals surface area contributed by atoms with E-state index in [0.29, 0.717) is 17.7 Å². The Kier molecular flexibility index (Phi) is 7.03. The summed E-state index contributed by atoms with van der Waals surface area (Å²) < 4.78 is 10.9. The van der Waals surface area contributed by atoms with Crippen molar-refractivity contribution < 1.29 is 4.42 Å². The van der Waals surface area contributed by atoms with Gasteiger partial charge in [-0.05, 0) is 66.7 Å². The monoisotopic (exact) mass is 706 g/mol. The van der Waals surface area contributed by atoms with Gasteiger partial charge in [-0.3, -0.25) is 4.57 Å². The highest BCUT2D eigenvalue weighted by atomic mass is 16.4. The highest BCUT2D eigenvalue weighted by Gasteiger charge is 2.20. The van der Waals surface area contributed by atoms with E-state index in [9.17, 15) is 0 Å². The third-order valence-electron chi connectivity index (χ3n) is 10.3. The summed E-state index contributed by atoms with van der Waals surface area (Å²) in [5, 5.41) is 13.5. The summed E-state index contributed by atoms with van der Waals surface area (Å²) in [5.41, 5.74) is 10.8. The molecule has 0 amide bonds. The fraction of sp³-hybridized carbons (Fsp3) is 0. The largest absolute Gasteiger partial charge is 0.416 e. The van der Waals surface area contributed by atoms with Crippen molar-refractivity contribution in [3.8, 4) is 57.1 Å². The van der Waals surface area contributed by atoms with E-state index in [4.69, 9.17) is 14.4 Å². The van der Waals surface area contributed by atoms with Crippen LogP contribution in [0.3, 0.4) is 0 Å². The van der Waals surface area contributed by atoms with Gasteiger partial charge in [0, 0.05) is 49.5 Å². The average Bonchev–Trinajstić information content (AvgIpc) is 3.97. The lowest BCUT2D eigenvalue weighted by molar-refractivity contribution is 0.585. The Balaban J connectivity index is 1.03. The fourth-order valence-corrected chi connectivity index (χ4v) is 7.79. The van der Waals surface area contributed by atoms with Crippen LogP contribution in [0.5, 0.6) is 0 Å². The number of rotatable bonds is 6. The van der Waals surface area contributed by atoms with Gasteiger partial charge in [-0.2, -0.15) is 0 Å². The molecule has 7 aromatic carbocycles. The SMILES string of the molecule is c1ccc(-c2cc(-c3ccccc3)nc(-n3c4ccccc4c4cc(-c5nnc(-c6ccc7c(c6)c6ccccc6n7-c6ccccc6)o5)ccc43)n2)cc1. The first-order valence-electron chi connectivity index (χ1n) is 18.2. The third-order valence-corrected chi connectivity index (χ3v) is 10.3.